The summed E-state index contributed by atoms with van der Waals surface area (Å²) in [5.41, 5.74) is 0.478. The number of ether oxygens (including phenoxy) is 1. The van der Waals surface area contributed by atoms with E-state index in [0.717, 1.165) is 6.26 Å². The van der Waals surface area contributed by atoms with Crippen molar-refractivity contribution in [3.63, 3.8) is 0 Å². The maximum Gasteiger partial charge on any atom is 0.244 e. The van der Waals surface area contributed by atoms with Gasteiger partial charge in [-0.25, -0.2) is 8.42 Å². The van der Waals surface area contributed by atoms with Crippen LogP contribution in [0.15, 0.2) is 30.3 Å². The topological polar surface area (TPSA) is 75.7 Å². The number of rotatable bonds is 8. The minimum absolute atomic E-state index is 0.191. The second kappa shape index (κ2) is 8.14. The third kappa shape index (κ3) is 4.99. The van der Waals surface area contributed by atoms with E-state index in [9.17, 15) is 13.2 Å². The second-order valence-corrected chi connectivity index (χ2v) is 7.04. The van der Waals surface area contributed by atoms with Crippen molar-refractivity contribution in [3.8, 4) is 0 Å². The van der Waals surface area contributed by atoms with Crippen molar-refractivity contribution in [2.45, 2.75) is 32.4 Å². The highest BCUT2D eigenvalue weighted by Crippen LogP contribution is 2.22. The molecule has 0 bridgehead atoms. The number of benzene rings is 1. The largest absolute Gasteiger partial charge is 0.383 e. The molecule has 7 heteroatoms. The van der Waals surface area contributed by atoms with Gasteiger partial charge in [-0.1, -0.05) is 25.1 Å². The summed E-state index contributed by atoms with van der Waals surface area (Å²) < 4.78 is 30.5. The van der Waals surface area contributed by atoms with Crippen molar-refractivity contribution < 1.29 is 17.9 Å². The third-order valence-corrected chi connectivity index (χ3v) is 4.33. The molecule has 0 aromatic heterocycles. The molecule has 1 aromatic rings. The molecule has 0 saturated heterocycles. The van der Waals surface area contributed by atoms with Gasteiger partial charge in [-0.05, 0) is 25.5 Å². The average Bonchev–Trinajstić information content (AvgIpc) is 2.44. The van der Waals surface area contributed by atoms with Gasteiger partial charge in [0.1, 0.15) is 6.04 Å². The van der Waals surface area contributed by atoms with E-state index < -0.39 is 16.1 Å². The lowest BCUT2D eigenvalue weighted by Crippen LogP contribution is -2.51. The highest BCUT2D eigenvalue weighted by molar-refractivity contribution is 7.92. The lowest BCUT2D eigenvalue weighted by molar-refractivity contribution is -0.123. The van der Waals surface area contributed by atoms with Gasteiger partial charge >= 0.3 is 0 Å². The summed E-state index contributed by atoms with van der Waals surface area (Å²) >= 11 is 0. The number of nitrogens with one attached hydrogen (secondary N) is 1. The number of methoxy groups -OCH3 is 1. The van der Waals surface area contributed by atoms with Gasteiger partial charge in [0.25, 0.3) is 0 Å². The van der Waals surface area contributed by atoms with Crippen molar-refractivity contribution >= 4 is 21.6 Å². The Kier molecular flexibility index (Phi) is 6.83. The van der Waals surface area contributed by atoms with Crippen LogP contribution in [-0.2, 0) is 19.6 Å². The molecule has 1 amide bonds. The number of hydrogen-bond acceptors (Lipinski definition) is 4. The van der Waals surface area contributed by atoms with E-state index in [4.69, 9.17) is 4.74 Å². The van der Waals surface area contributed by atoms with Crippen molar-refractivity contribution in [2.24, 2.45) is 0 Å². The second-order valence-electron chi connectivity index (χ2n) is 5.18. The Morgan fingerprint density at radius 3 is 2.36 bits per heavy atom. The molecule has 0 saturated carbocycles. The molecule has 0 heterocycles. The molecule has 1 aromatic carbocycles. The first kappa shape index (κ1) is 18.4. The standard InChI is InChI=1S/C15H24N2O4S/c1-5-14(15(18)16-12(2)11-21-3)17(22(4,19)20)13-9-7-6-8-10-13/h6-10,12,14H,5,11H2,1-4H3,(H,16,18)/t12-,14-/m0/s1. The van der Waals surface area contributed by atoms with Crippen molar-refractivity contribution in [1.82, 2.24) is 5.32 Å². The maximum absolute atomic E-state index is 12.4. The normalized spacial score (nSPS) is 14.2. The summed E-state index contributed by atoms with van der Waals surface area (Å²) in [4.78, 5) is 12.4. The molecule has 0 fully saturated rings. The first-order valence-electron chi connectivity index (χ1n) is 7.15. The molecule has 0 unspecified atom stereocenters. The van der Waals surface area contributed by atoms with E-state index in [2.05, 4.69) is 5.32 Å². The zero-order valence-electron chi connectivity index (χ0n) is 13.4. The maximum atomic E-state index is 12.4. The SMILES string of the molecule is CC[C@@H](C(=O)N[C@@H](C)COC)N(c1ccccc1)S(C)(=O)=O. The predicted molar refractivity (Wildman–Crippen MR) is 87.3 cm³/mol. The van der Waals surface area contributed by atoms with Gasteiger partial charge in [-0.2, -0.15) is 0 Å². The van der Waals surface area contributed by atoms with E-state index in [0.29, 0.717) is 18.7 Å². The number of amides is 1. The van der Waals surface area contributed by atoms with Crippen LogP contribution in [0.2, 0.25) is 0 Å². The first-order valence-corrected chi connectivity index (χ1v) is 8.99. The highest BCUT2D eigenvalue weighted by Gasteiger charge is 2.31. The molecule has 6 nitrogen and oxygen atoms in total. The molecule has 1 rings (SSSR count). The van der Waals surface area contributed by atoms with Crippen LogP contribution in [0.5, 0.6) is 0 Å². The fourth-order valence-corrected chi connectivity index (χ4v) is 3.48. The Labute approximate surface area is 132 Å². The Morgan fingerprint density at radius 1 is 1.32 bits per heavy atom. The predicted octanol–water partition coefficient (Wildman–Crippen LogP) is 1.38. The van der Waals surface area contributed by atoms with Crippen molar-refractivity contribution in [2.75, 3.05) is 24.3 Å². The lowest BCUT2D eigenvalue weighted by atomic mass is 10.1. The first-order chi connectivity index (χ1) is 10.3. The molecular weight excluding hydrogens is 304 g/mol. The van der Waals surface area contributed by atoms with Crippen molar-refractivity contribution in [3.05, 3.63) is 30.3 Å². The van der Waals surface area contributed by atoms with Crippen molar-refractivity contribution in [1.29, 1.82) is 0 Å². The van der Waals surface area contributed by atoms with Crippen LogP contribution in [0.4, 0.5) is 5.69 Å². The van der Waals surface area contributed by atoms with E-state index >= 15 is 0 Å². The number of carbonyl (C=O) groups is 1. The molecular formula is C15H24N2O4S. The zero-order chi connectivity index (χ0) is 16.8. The molecule has 0 spiro atoms. The average molecular weight is 328 g/mol. The molecule has 0 aliphatic carbocycles. The number of sulfonamides is 1. The Hall–Kier alpha value is -1.60. The fraction of sp³-hybridized carbons (Fsp3) is 0.533. The quantitative estimate of drug-likeness (QED) is 0.782. The summed E-state index contributed by atoms with van der Waals surface area (Å²) in [5, 5.41) is 2.78. The van der Waals surface area contributed by atoms with Gasteiger partial charge in [0, 0.05) is 13.2 Å². The van der Waals surface area contributed by atoms with E-state index in [1.54, 1.807) is 51.3 Å². The number of para-hydroxylation sites is 1. The smallest absolute Gasteiger partial charge is 0.244 e. The van der Waals surface area contributed by atoms with E-state index in [-0.39, 0.29) is 11.9 Å². The van der Waals surface area contributed by atoms with Gasteiger partial charge < -0.3 is 10.1 Å². The molecule has 2 atom stereocenters. The van der Waals surface area contributed by atoms with Crippen LogP contribution in [-0.4, -0.2) is 46.4 Å². The Balaban J connectivity index is 3.08. The highest BCUT2D eigenvalue weighted by atomic mass is 32.2. The molecule has 124 valence electrons. The number of anilines is 1. The number of hydrogen-bond donors (Lipinski definition) is 1. The molecule has 1 N–H and O–H groups in total. The molecule has 0 radical (unpaired) electrons. The van der Waals surface area contributed by atoms with Gasteiger partial charge in [0.05, 0.1) is 18.6 Å². The van der Waals surface area contributed by atoms with Gasteiger partial charge in [0.2, 0.25) is 15.9 Å². The van der Waals surface area contributed by atoms with Crippen LogP contribution in [0.3, 0.4) is 0 Å². The van der Waals surface area contributed by atoms with Crippen LogP contribution in [0, 0.1) is 0 Å². The number of carbonyl (C=O) groups excluding carboxylic acids is 1. The zero-order valence-corrected chi connectivity index (χ0v) is 14.3. The van der Waals surface area contributed by atoms with Gasteiger partial charge in [-0.15, -0.1) is 0 Å². The summed E-state index contributed by atoms with van der Waals surface area (Å²) in [5.74, 6) is -0.332. The molecule has 22 heavy (non-hydrogen) atoms. The minimum atomic E-state index is -3.58. The summed E-state index contributed by atoms with van der Waals surface area (Å²) in [6.45, 7) is 3.96. The Morgan fingerprint density at radius 2 is 1.91 bits per heavy atom. The third-order valence-electron chi connectivity index (χ3n) is 3.15. The number of nitrogens with zero attached hydrogens (tertiary/aromatic N) is 1. The van der Waals surface area contributed by atoms with Crippen LogP contribution < -0.4 is 9.62 Å². The fourth-order valence-electron chi connectivity index (χ4n) is 2.27. The van der Waals surface area contributed by atoms with Gasteiger partial charge in [0.15, 0.2) is 0 Å². The lowest BCUT2D eigenvalue weighted by Gasteiger charge is -2.30. The minimum Gasteiger partial charge on any atom is -0.383 e. The molecule has 0 aliphatic rings. The van der Waals surface area contributed by atoms with Crippen LogP contribution in [0.1, 0.15) is 20.3 Å². The summed E-state index contributed by atoms with van der Waals surface area (Å²) in [6.07, 6.45) is 1.47. The summed E-state index contributed by atoms with van der Waals surface area (Å²) in [7, 11) is -2.03. The Bertz CT molecular complexity index is 574. The van der Waals surface area contributed by atoms with E-state index in [1.165, 1.54) is 4.31 Å². The summed E-state index contributed by atoms with van der Waals surface area (Å²) in [6, 6.07) is 7.65. The molecule has 0 aliphatic heterocycles. The monoisotopic (exact) mass is 328 g/mol. The van der Waals surface area contributed by atoms with Crippen LogP contribution >= 0.6 is 0 Å². The van der Waals surface area contributed by atoms with Crippen LogP contribution in [0.25, 0.3) is 0 Å². The van der Waals surface area contributed by atoms with Gasteiger partial charge in [-0.3, -0.25) is 9.10 Å². The van der Waals surface area contributed by atoms with E-state index in [1.807, 2.05) is 0 Å².